The van der Waals surface area contributed by atoms with Crippen LogP contribution in [0.4, 0.5) is 5.82 Å². The number of hydrogen-bond acceptors (Lipinski definition) is 6. The molecule has 2 aromatic carbocycles. The second kappa shape index (κ2) is 12.5. The molecule has 8 heteroatoms. The molecule has 1 saturated heterocycles. The molecule has 1 aliphatic heterocycles. The van der Waals surface area contributed by atoms with Crippen LogP contribution in [0.25, 0.3) is 11.3 Å². The van der Waals surface area contributed by atoms with E-state index in [0.29, 0.717) is 44.2 Å². The van der Waals surface area contributed by atoms with E-state index in [1.807, 2.05) is 72.5 Å². The summed E-state index contributed by atoms with van der Waals surface area (Å²) in [7, 11) is 1.64. The molecule has 38 heavy (non-hydrogen) atoms. The molecule has 1 aliphatic rings. The van der Waals surface area contributed by atoms with Crippen LogP contribution in [0.5, 0.6) is 5.75 Å². The van der Waals surface area contributed by atoms with Crippen molar-refractivity contribution in [3.63, 3.8) is 0 Å². The Morgan fingerprint density at radius 3 is 2.42 bits per heavy atom. The molecule has 3 aromatic rings. The maximum Gasteiger partial charge on any atom is 0.254 e. The van der Waals surface area contributed by atoms with Crippen molar-refractivity contribution in [2.24, 2.45) is 5.92 Å². The Morgan fingerprint density at radius 2 is 1.76 bits per heavy atom. The van der Waals surface area contributed by atoms with Gasteiger partial charge in [0.25, 0.3) is 5.91 Å². The van der Waals surface area contributed by atoms with Crippen LogP contribution in [0, 0.1) is 12.8 Å². The van der Waals surface area contributed by atoms with E-state index in [9.17, 15) is 9.59 Å². The highest BCUT2D eigenvalue weighted by Gasteiger charge is 2.27. The zero-order chi connectivity index (χ0) is 27.1. The van der Waals surface area contributed by atoms with Crippen LogP contribution >= 0.6 is 0 Å². The molecule has 0 spiro atoms. The van der Waals surface area contributed by atoms with Crippen LogP contribution in [-0.2, 0) is 4.79 Å². The highest BCUT2D eigenvalue weighted by atomic mass is 16.5. The minimum absolute atomic E-state index is 0.0191. The standard InChI is InChI=1S/C30H37N5O3/c1-5-22(2)20-35(30(37)26-12-7-6-9-23(26)3)21-29(36)34-17-15-33(16-18-34)28-14-13-27(31-32-28)24-10-8-11-25(19-24)38-4/h6-14,19,22H,5,15-18,20-21H2,1-4H3. The monoisotopic (exact) mass is 515 g/mol. The van der Waals surface area contributed by atoms with Gasteiger partial charge in [0, 0.05) is 43.9 Å². The first-order valence-corrected chi connectivity index (χ1v) is 13.2. The number of hydrogen-bond donors (Lipinski definition) is 0. The minimum atomic E-state index is -0.0817. The maximum absolute atomic E-state index is 13.4. The van der Waals surface area contributed by atoms with Gasteiger partial charge in [-0.15, -0.1) is 10.2 Å². The third-order valence-electron chi connectivity index (χ3n) is 7.19. The van der Waals surface area contributed by atoms with E-state index in [1.54, 1.807) is 12.0 Å². The van der Waals surface area contributed by atoms with E-state index >= 15 is 0 Å². The van der Waals surface area contributed by atoms with Crippen LogP contribution in [-0.4, -0.2) is 78.2 Å². The number of rotatable bonds is 9. The summed E-state index contributed by atoms with van der Waals surface area (Å²) < 4.78 is 5.30. The highest BCUT2D eigenvalue weighted by molar-refractivity contribution is 5.97. The van der Waals surface area contributed by atoms with Gasteiger partial charge in [-0.2, -0.15) is 0 Å². The number of ether oxygens (including phenoxy) is 1. The lowest BCUT2D eigenvalue weighted by molar-refractivity contribution is -0.132. The van der Waals surface area contributed by atoms with Crippen molar-refractivity contribution in [1.29, 1.82) is 0 Å². The fourth-order valence-electron chi connectivity index (χ4n) is 4.59. The van der Waals surface area contributed by atoms with Crippen molar-refractivity contribution in [1.82, 2.24) is 20.0 Å². The molecule has 8 nitrogen and oxygen atoms in total. The molecule has 0 radical (unpaired) electrons. The second-order valence-corrected chi connectivity index (χ2v) is 9.89. The zero-order valence-electron chi connectivity index (χ0n) is 22.8. The topological polar surface area (TPSA) is 78.9 Å². The van der Waals surface area contributed by atoms with Crippen LogP contribution in [0.1, 0.15) is 36.2 Å². The Morgan fingerprint density at radius 1 is 1.00 bits per heavy atom. The molecular weight excluding hydrogens is 478 g/mol. The summed E-state index contributed by atoms with van der Waals surface area (Å²) in [4.78, 5) is 32.3. The SMILES string of the molecule is CCC(C)CN(CC(=O)N1CCN(c2ccc(-c3cccc(OC)c3)nn2)CC1)C(=O)c1ccccc1C. The molecule has 2 amide bonds. The lowest BCUT2D eigenvalue weighted by Crippen LogP contribution is -2.52. The number of aromatic nitrogens is 2. The van der Waals surface area contributed by atoms with Crippen molar-refractivity contribution in [3.8, 4) is 17.0 Å². The molecule has 4 rings (SSSR count). The fourth-order valence-corrected chi connectivity index (χ4v) is 4.59. The molecule has 2 heterocycles. The molecule has 1 aromatic heterocycles. The first-order valence-electron chi connectivity index (χ1n) is 13.2. The number of amides is 2. The van der Waals surface area contributed by atoms with E-state index in [0.717, 1.165) is 34.8 Å². The number of carbonyl (C=O) groups is 2. The van der Waals surface area contributed by atoms with E-state index in [4.69, 9.17) is 4.74 Å². The van der Waals surface area contributed by atoms with Crippen molar-refractivity contribution in [2.45, 2.75) is 27.2 Å². The van der Waals surface area contributed by atoms with Gasteiger partial charge in [0.15, 0.2) is 5.82 Å². The van der Waals surface area contributed by atoms with Crippen LogP contribution < -0.4 is 9.64 Å². The van der Waals surface area contributed by atoms with Crippen LogP contribution in [0.3, 0.4) is 0 Å². The zero-order valence-corrected chi connectivity index (χ0v) is 22.8. The second-order valence-electron chi connectivity index (χ2n) is 9.89. The number of methoxy groups -OCH3 is 1. The van der Waals surface area contributed by atoms with Crippen molar-refractivity contribution < 1.29 is 14.3 Å². The van der Waals surface area contributed by atoms with Crippen molar-refractivity contribution in [2.75, 3.05) is 51.3 Å². The van der Waals surface area contributed by atoms with Gasteiger partial charge in [0.2, 0.25) is 5.91 Å². The van der Waals surface area contributed by atoms with Gasteiger partial charge < -0.3 is 19.4 Å². The summed E-state index contributed by atoms with van der Waals surface area (Å²) in [6.45, 7) is 9.28. The summed E-state index contributed by atoms with van der Waals surface area (Å²) >= 11 is 0. The Hall–Kier alpha value is -3.94. The molecule has 200 valence electrons. The van der Waals surface area contributed by atoms with Gasteiger partial charge in [0.05, 0.1) is 12.8 Å². The maximum atomic E-state index is 13.4. The first-order chi connectivity index (χ1) is 18.4. The fraction of sp³-hybridized carbons (Fsp3) is 0.400. The molecule has 0 N–H and O–H groups in total. The smallest absolute Gasteiger partial charge is 0.254 e. The number of carbonyl (C=O) groups excluding carboxylic acids is 2. The predicted octanol–water partition coefficient (Wildman–Crippen LogP) is 4.30. The summed E-state index contributed by atoms with van der Waals surface area (Å²) in [5, 5.41) is 8.85. The summed E-state index contributed by atoms with van der Waals surface area (Å²) in [5.74, 6) is 1.77. The summed E-state index contributed by atoms with van der Waals surface area (Å²) in [6.07, 6.45) is 0.946. The van der Waals surface area contributed by atoms with Gasteiger partial charge in [-0.25, -0.2) is 0 Å². The quantitative estimate of drug-likeness (QED) is 0.423. The summed E-state index contributed by atoms with van der Waals surface area (Å²) in [6, 6.07) is 19.2. The summed E-state index contributed by atoms with van der Waals surface area (Å²) in [5.41, 5.74) is 3.30. The number of aryl methyl sites for hydroxylation is 1. The molecule has 0 saturated carbocycles. The molecule has 1 fully saturated rings. The van der Waals surface area contributed by atoms with Crippen molar-refractivity contribution >= 4 is 17.6 Å². The van der Waals surface area contributed by atoms with E-state index in [-0.39, 0.29) is 18.4 Å². The Bertz CT molecular complexity index is 1240. The van der Waals surface area contributed by atoms with Gasteiger partial charge in [-0.3, -0.25) is 9.59 Å². The average molecular weight is 516 g/mol. The molecular formula is C30H37N5O3. The highest BCUT2D eigenvalue weighted by Crippen LogP contribution is 2.23. The van der Waals surface area contributed by atoms with E-state index in [2.05, 4.69) is 28.9 Å². The number of anilines is 1. The van der Waals surface area contributed by atoms with Crippen LogP contribution in [0.15, 0.2) is 60.7 Å². The first kappa shape index (κ1) is 27.1. The van der Waals surface area contributed by atoms with E-state index < -0.39 is 0 Å². The lowest BCUT2D eigenvalue weighted by atomic mass is 10.1. The minimum Gasteiger partial charge on any atom is -0.497 e. The number of piperazine rings is 1. The number of nitrogens with zero attached hydrogens (tertiary/aromatic N) is 5. The largest absolute Gasteiger partial charge is 0.497 e. The normalized spacial score (nSPS) is 14.2. The Kier molecular flexibility index (Phi) is 8.94. The lowest BCUT2D eigenvalue weighted by Gasteiger charge is -2.36. The predicted molar refractivity (Wildman–Crippen MR) is 149 cm³/mol. The van der Waals surface area contributed by atoms with Gasteiger partial charge >= 0.3 is 0 Å². The average Bonchev–Trinajstić information content (AvgIpc) is 2.96. The third kappa shape index (κ3) is 6.49. The molecule has 1 unspecified atom stereocenters. The van der Waals surface area contributed by atoms with Gasteiger partial charge in [0.1, 0.15) is 12.3 Å². The molecule has 0 bridgehead atoms. The molecule has 0 aliphatic carbocycles. The van der Waals surface area contributed by atoms with Crippen LogP contribution in [0.2, 0.25) is 0 Å². The third-order valence-corrected chi connectivity index (χ3v) is 7.19. The Balaban J connectivity index is 1.37. The molecule has 1 atom stereocenters. The number of benzene rings is 2. The van der Waals surface area contributed by atoms with Gasteiger partial charge in [-0.05, 0) is 48.7 Å². The van der Waals surface area contributed by atoms with Crippen molar-refractivity contribution in [3.05, 3.63) is 71.8 Å². The Labute approximate surface area is 225 Å². The van der Waals surface area contributed by atoms with Gasteiger partial charge in [-0.1, -0.05) is 50.6 Å². The van der Waals surface area contributed by atoms with E-state index in [1.165, 1.54) is 0 Å².